The minimum atomic E-state index is -0.629. The lowest BCUT2D eigenvalue weighted by Gasteiger charge is -2.18. The highest BCUT2D eigenvalue weighted by molar-refractivity contribution is 5.84. The molecule has 0 bridgehead atoms. The van der Waals surface area contributed by atoms with Crippen LogP contribution in [0.15, 0.2) is 59.4 Å². The Morgan fingerprint density at radius 2 is 1.97 bits per heavy atom. The molecule has 7 heteroatoms. The third-order valence-corrected chi connectivity index (χ3v) is 5.77. The van der Waals surface area contributed by atoms with Crippen LogP contribution < -0.4 is 16.2 Å². The molecule has 2 heterocycles. The van der Waals surface area contributed by atoms with Crippen LogP contribution in [0.3, 0.4) is 0 Å². The summed E-state index contributed by atoms with van der Waals surface area (Å²) in [6.45, 7) is 1.81. The van der Waals surface area contributed by atoms with Gasteiger partial charge in [0.05, 0.1) is 11.6 Å². The first kappa shape index (κ1) is 21.8. The molecule has 2 N–H and O–H groups in total. The molecule has 164 valence electrons. The van der Waals surface area contributed by atoms with E-state index in [9.17, 15) is 14.9 Å². The van der Waals surface area contributed by atoms with Crippen LogP contribution in [0.5, 0.6) is 0 Å². The summed E-state index contributed by atoms with van der Waals surface area (Å²) in [4.78, 5) is 24.4. The Morgan fingerprint density at radius 1 is 1.22 bits per heavy atom. The Bertz CT molecular complexity index is 1200. The maximum Gasteiger partial charge on any atom is 0.251 e. The van der Waals surface area contributed by atoms with Crippen LogP contribution in [0.25, 0.3) is 22.0 Å². The number of amides is 1. The fraction of sp³-hybridized carbons (Fsp3) is 0.320. The second-order valence-corrected chi connectivity index (χ2v) is 8.01. The van der Waals surface area contributed by atoms with E-state index in [0.29, 0.717) is 19.6 Å². The van der Waals surface area contributed by atoms with Crippen LogP contribution in [-0.4, -0.2) is 42.3 Å². The molecular weight excluding hydrogens is 404 g/mol. The number of nitrogens with zero attached hydrogens (tertiary/aromatic N) is 2. The standard InChI is InChI=1S/C25H26N4O3/c1-29-22-14-20(8-7-19(22)9-10-24(29)30)18-5-3-17(4-6-18)13-21(15-26)28-25(31)23-16-27-11-2-12-32-23/h3-10,14,21,23,27H,2,11-13,16H2,1H3,(H,28,31)/t21-,23-/m0/s1. The van der Waals surface area contributed by atoms with E-state index in [2.05, 4.69) is 16.7 Å². The maximum atomic E-state index is 12.5. The van der Waals surface area contributed by atoms with Crippen molar-refractivity contribution in [3.8, 4) is 17.2 Å². The molecule has 0 aliphatic carbocycles. The average molecular weight is 431 g/mol. The summed E-state index contributed by atoms with van der Waals surface area (Å²) in [7, 11) is 1.77. The van der Waals surface area contributed by atoms with Crippen LogP contribution in [0.4, 0.5) is 0 Å². The van der Waals surface area contributed by atoms with Crippen molar-refractivity contribution in [2.75, 3.05) is 19.7 Å². The average Bonchev–Trinajstić information content (AvgIpc) is 3.11. The van der Waals surface area contributed by atoms with Crippen molar-refractivity contribution in [3.05, 3.63) is 70.5 Å². The lowest BCUT2D eigenvalue weighted by molar-refractivity contribution is -0.132. The molecule has 1 aliphatic rings. The fourth-order valence-corrected chi connectivity index (χ4v) is 3.89. The van der Waals surface area contributed by atoms with Gasteiger partial charge in [0.2, 0.25) is 0 Å². The highest BCUT2D eigenvalue weighted by Gasteiger charge is 2.23. The first-order valence-corrected chi connectivity index (χ1v) is 10.8. The third kappa shape index (κ3) is 4.88. The molecule has 32 heavy (non-hydrogen) atoms. The summed E-state index contributed by atoms with van der Waals surface area (Å²) in [5, 5.41) is 16.5. The summed E-state index contributed by atoms with van der Waals surface area (Å²) in [6.07, 6.45) is 0.708. The quantitative estimate of drug-likeness (QED) is 0.647. The second kappa shape index (κ2) is 9.77. The monoisotopic (exact) mass is 430 g/mol. The topological polar surface area (TPSA) is 96.2 Å². The van der Waals surface area contributed by atoms with Crippen molar-refractivity contribution in [2.45, 2.75) is 25.0 Å². The Labute approximate surface area is 186 Å². The van der Waals surface area contributed by atoms with E-state index in [1.54, 1.807) is 17.7 Å². The number of aryl methyl sites for hydroxylation is 1. The predicted molar refractivity (Wildman–Crippen MR) is 123 cm³/mol. The van der Waals surface area contributed by atoms with Crippen LogP contribution in [0, 0.1) is 11.3 Å². The number of pyridine rings is 1. The van der Waals surface area contributed by atoms with Crippen molar-refractivity contribution in [1.82, 2.24) is 15.2 Å². The molecule has 1 aromatic heterocycles. The summed E-state index contributed by atoms with van der Waals surface area (Å²) >= 11 is 0. The summed E-state index contributed by atoms with van der Waals surface area (Å²) in [5.41, 5.74) is 3.81. The first-order valence-electron chi connectivity index (χ1n) is 10.8. The number of rotatable bonds is 5. The van der Waals surface area contributed by atoms with E-state index in [-0.39, 0.29) is 11.5 Å². The Morgan fingerprint density at radius 3 is 2.75 bits per heavy atom. The molecule has 0 saturated carbocycles. The molecule has 4 rings (SSSR count). The molecular formula is C25H26N4O3. The minimum absolute atomic E-state index is 0.0420. The van der Waals surface area contributed by atoms with Crippen LogP contribution in [0.1, 0.15) is 12.0 Å². The van der Waals surface area contributed by atoms with Crippen molar-refractivity contribution >= 4 is 16.8 Å². The van der Waals surface area contributed by atoms with E-state index < -0.39 is 12.1 Å². The number of aromatic nitrogens is 1. The number of carbonyl (C=O) groups excluding carboxylic acids is 1. The molecule has 0 radical (unpaired) electrons. The van der Waals surface area contributed by atoms with Crippen LogP contribution in [0.2, 0.25) is 0 Å². The molecule has 3 aromatic rings. The number of nitriles is 1. The zero-order valence-corrected chi connectivity index (χ0v) is 18.0. The number of nitrogens with one attached hydrogen (secondary N) is 2. The lowest BCUT2D eigenvalue weighted by Crippen LogP contribution is -2.46. The second-order valence-electron chi connectivity index (χ2n) is 8.01. The van der Waals surface area contributed by atoms with Gasteiger partial charge < -0.3 is 19.9 Å². The van der Waals surface area contributed by atoms with Crippen molar-refractivity contribution in [1.29, 1.82) is 5.26 Å². The molecule has 1 amide bonds. The van der Waals surface area contributed by atoms with Gasteiger partial charge in [-0.1, -0.05) is 36.4 Å². The zero-order valence-electron chi connectivity index (χ0n) is 18.0. The highest BCUT2D eigenvalue weighted by atomic mass is 16.5. The van der Waals surface area contributed by atoms with E-state index in [1.807, 2.05) is 48.5 Å². The van der Waals surface area contributed by atoms with Crippen LogP contribution in [-0.2, 0) is 23.0 Å². The number of benzene rings is 2. The zero-order chi connectivity index (χ0) is 22.5. The minimum Gasteiger partial charge on any atom is -0.367 e. The Hall–Kier alpha value is -3.47. The van der Waals surface area contributed by atoms with Gasteiger partial charge in [0.1, 0.15) is 12.1 Å². The largest absolute Gasteiger partial charge is 0.367 e. The third-order valence-electron chi connectivity index (χ3n) is 5.77. The molecule has 7 nitrogen and oxygen atoms in total. The number of fused-ring (bicyclic) bond motifs is 1. The van der Waals surface area contributed by atoms with E-state index in [4.69, 9.17) is 4.74 Å². The van der Waals surface area contributed by atoms with Gasteiger partial charge in [-0.15, -0.1) is 0 Å². The first-order chi connectivity index (χ1) is 15.5. The predicted octanol–water partition coefficient (Wildman–Crippen LogP) is 2.13. The number of ether oxygens (including phenoxy) is 1. The maximum absolute atomic E-state index is 12.5. The highest BCUT2D eigenvalue weighted by Crippen LogP contribution is 2.24. The van der Waals surface area contributed by atoms with Crippen molar-refractivity contribution in [2.24, 2.45) is 7.05 Å². The Kier molecular flexibility index (Phi) is 6.64. The molecule has 2 aromatic carbocycles. The number of hydrogen-bond donors (Lipinski definition) is 2. The molecule has 0 unspecified atom stereocenters. The van der Waals surface area contributed by atoms with E-state index >= 15 is 0 Å². The SMILES string of the molecule is Cn1c(=O)ccc2ccc(-c3ccc(C[C@@H](C#N)NC(=O)[C@@H]4CNCCCO4)cc3)cc21. The molecule has 2 atom stereocenters. The summed E-state index contributed by atoms with van der Waals surface area (Å²) in [6, 6.07) is 18.9. The van der Waals surface area contributed by atoms with Crippen LogP contribution >= 0.6 is 0 Å². The van der Waals surface area contributed by atoms with Gasteiger partial charge in [0, 0.05) is 32.7 Å². The number of hydrogen-bond acceptors (Lipinski definition) is 5. The van der Waals surface area contributed by atoms with Gasteiger partial charge in [0.25, 0.3) is 11.5 Å². The molecule has 1 fully saturated rings. The van der Waals surface area contributed by atoms with Gasteiger partial charge in [-0.25, -0.2) is 0 Å². The lowest BCUT2D eigenvalue weighted by atomic mass is 10.00. The van der Waals surface area contributed by atoms with E-state index in [1.165, 1.54) is 0 Å². The number of carbonyl (C=O) groups is 1. The summed E-state index contributed by atoms with van der Waals surface area (Å²) < 4.78 is 7.21. The molecule has 1 aliphatic heterocycles. The Balaban J connectivity index is 1.45. The van der Waals surface area contributed by atoms with Gasteiger partial charge in [-0.05, 0) is 47.2 Å². The van der Waals surface area contributed by atoms with Gasteiger partial charge in [0.15, 0.2) is 0 Å². The summed E-state index contributed by atoms with van der Waals surface area (Å²) in [5.74, 6) is -0.260. The smallest absolute Gasteiger partial charge is 0.251 e. The molecule has 0 spiro atoms. The molecule has 1 saturated heterocycles. The van der Waals surface area contributed by atoms with Gasteiger partial charge >= 0.3 is 0 Å². The van der Waals surface area contributed by atoms with Gasteiger partial charge in [-0.2, -0.15) is 5.26 Å². The van der Waals surface area contributed by atoms with Gasteiger partial charge in [-0.3, -0.25) is 9.59 Å². The fourth-order valence-electron chi connectivity index (χ4n) is 3.89. The van der Waals surface area contributed by atoms with Crippen molar-refractivity contribution < 1.29 is 9.53 Å². The van der Waals surface area contributed by atoms with E-state index in [0.717, 1.165) is 40.6 Å². The van der Waals surface area contributed by atoms with Crippen molar-refractivity contribution in [3.63, 3.8) is 0 Å². The normalized spacial score (nSPS) is 17.3.